The number of halogens is 1. The van der Waals surface area contributed by atoms with Crippen molar-refractivity contribution in [2.75, 3.05) is 5.75 Å². The summed E-state index contributed by atoms with van der Waals surface area (Å²) < 4.78 is 40.0. The molecular weight excluding hydrogens is 379 g/mol. The number of carbonyl (C=O) groups is 2. The lowest BCUT2D eigenvalue weighted by atomic mass is 10.1. The minimum Gasteiger partial charge on any atom is -0.295 e. The second kappa shape index (κ2) is 8.12. The van der Waals surface area contributed by atoms with Gasteiger partial charge in [0.15, 0.2) is 5.78 Å². The number of nitriles is 1. The summed E-state index contributed by atoms with van der Waals surface area (Å²) >= 11 is 0.812. The highest BCUT2D eigenvalue weighted by Gasteiger charge is 2.18. The molecule has 0 aromatic heterocycles. The molecule has 1 N–H and O–H groups in total. The Kier molecular flexibility index (Phi) is 6.13. The second-order valence-corrected chi connectivity index (χ2v) is 7.85. The van der Waals surface area contributed by atoms with Gasteiger partial charge in [-0.2, -0.15) is 5.26 Å². The third-order valence-corrected chi connectivity index (χ3v) is 5.68. The molecule has 0 bridgehead atoms. The summed E-state index contributed by atoms with van der Waals surface area (Å²) in [6, 6.07) is 10.8. The highest BCUT2D eigenvalue weighted by atomic mass is 32.2. The third-order valence-electron chi connectivity index (χ3n) is 3.24. The molecule has 0 heterocycles. The van der Waals surface area contributed by atoms with E-state index in [1.165, 1.54) is 43.3 Å². The monoisotopic (exact) mass is 392 g/mol. The van der Waals surface area contributed by atoms with Gasteiger partial charge in [0.1, 0.15) is 5.82 Å². The van der Waals surface area contributed by atoms with E-state index in [4.69, 9.17) is 5.26 Å². The predicted octanol–water partition coefficient (Wildman–Crippen LogP) is 2.50. The van der Waals surface area contributed by atoms with E-state index in [1.807, 2.05) is 10.8 Å². The van der Waals surface area contributed by atoms with Crippen molar-refractivity contribution in [3.05, 3.63) is 59.4 Å². The average molecular weight is 392 g/mol. The van der Waals surface area contributed by atoms with Crippen molar-refractivity contribution >= 4 is 33.5 Å². The molecule has 0 unspecified atom stereocenters. The average Bonchev–Trinajstić information content (AvgIpc) is 2.60. The summed E-state index contributed by atoms with van der Waals surface area (Å²) in [5.41, 5.74) is 0.495. The molecule has 0 saturated heterocycles. The summed E-state index contributed by atoms with van der Waals surface area (Å²) in [4.78, 5) is 23.0. The first-order chi connectivity index (χ1) is 12.2. The molecule has 134 valence electrons. The van der Waals surface area contributed by atoms with Crippen molar-refractivity contribution in [2.45, 2.75) is 16.7 Å². The molecule has 2 rings (SSSR count). The van der Waals surface area contributed by atoms with E-state index in [0.717, 1.165) is 17.8 Å². The largest absolute Gasteiger partial charge is 0.295 e. The summed E-state index contributed by atoms with van der Waals surface area (Å²) in [5.74, 6) is -2.10. The van der Waals surface area contributed by atoms with Crippen LogP contribution in [0.3, 0.4) is 0 Å². The lowest BCUT2D eigenvalue weighted by Gasteiger charge is -2.08. The van der Waals surface area contributed by atoms with Crippen LogP contribution in [0, 0.1) is 17.1 Å². The third kappa shape index (κ3) is 4.91. The Morgan fingerprint density at radius 3 is 2.38 bits per heavy atom. The first-order valence-corrected chi connectivity index (χ1v) is 9.69. The molecule has 6 nitrogen and oxygen atoms in total. The topological polar surface area (TPSA) is 104 Å². The van der Waals surface area contributed by atoms with E-state index in [9.17, 15) is 22.4 Å². The van der Waals surface area contributed by atoms with E-state index in [1.54, 1.807) is 0 Å². The molecule has 0 saturated carbocycles. The van der Waals surface area contributed by atoms with Gasteiger partial charge in [0.25, 0.3) is 10.0 Å². The maximum Gasteiger partial charge on any atom is 0.264 e. The standard InChI is InChI=1S/C17H13FN2O4S2/c1-11(21)13-4-7-16(15(18)8-13)25-10-17(22)20-26(23,24)14-5-2-12(9-19)3-6-14/h2-8H,10H2,1H3,(H,20,22). The molecule has 2 aromatic rings. The smallest absolute Gasteiger partial charge is 0.264 e. The zero-order valence-electron chi connectivity index (χ0n) is 13.5. The number of thioether (sulfide) groups is 1. The molecule has 0 aliphatic heterocycles. The number of benzene rings is 2. The van der Waals surface area contributed by atoms with Crippen LogP contribution >= 0.6 is 11.8 Å². The fraction of sp³-hybridized carbons (Fsp3) is 0.118. The van der Waals surface area contributed by atoms with Crippen molar-refractivity contribution in [1.82, 2.24) is 4.72 Å². The maximum atomic E-state index is 13.9. The molecule has 0 fully saturated rings. The minimum atomic E-state index is -4.08. The molecule has 1 amide bonds. The van der Waals surface area contributed by atoms with Gasteiger partial charge in [-0.05, 0) is 43.3 Å². The molecule has 2 aromatic carbocycles. The predicted molar refractivity (Wildman–Crippen MR) is 93.6 cm³/mol. The number of amides is 1. The van der Waals surface area contributed by atoms with Gasteiger partial charge < -0.3 is 0 Å². The first kappa shape index (κ1) is 19.6. The van der Waals surface area contributed by atoms with Crippen molar-refractivity contribution in [3.63, 3.8) is 0 Å². The van der Waals surface area contributed by atoms with Crippen LogP contribution in [0.1, 0.15) is 22.8 Å². The van der Waals surface area contributed by atoms with Crippen molar-refractivity contribution in [2.24, 2.45) is 0 Å². The first-order valence-electron chi connectivity index (χ1n) is 7.22. The van der Waals surface area contributed by atoms with E-state index in [-0.39, 0.29) is 32.5 Å². The lowest BCUT2D eigenvalue weighted by molar-refractivity contribution is -0.116. The highest BCUT2D eigenvalue weighted by molar-refractivity contribution is 8.00. The Bertz CT molecular complexity index is 996. The van der Waals surface area contributed by atoms with Gasteiger partial charge in [-0.15, -0.1) is 11.8 Å². The highest BCUT2D eigenvalue weighted by Crippen LogP contribution is 2.23. The van der Waals surface area contributed by atoms with Crippen molar-refractivity contribution < 1.29 is 22.4 Å². The van der Waals surface area contributed by atoms with Crippen LogP contribution in [0.2, 0.25) is 0 Å². The summed E-state index contributed by atoms with van der Waals surface area (Å²) in [5, 5.41) is 8.70. The molecule has 26 heavy (non-hydrogen) atoms. The van der Waals surface area contributed by atoms with Gasteiger partial charge >= 0.3 is 0 Å². The van der Waals surface area contributed by atoms with Gasteiger partial charge in [0.2, 0.25) is 5.91 Å². The van der Waals surface area contributed by atoms with E-state index in [0.29, 0.717) is 0 Å². The van der Waals surface area contributed by atoms with E-state index in [2.05, 4.69) is 0 Å². The Morgan fingerprint density at radius 1 is 1.19 bits per heavy atom. The molecule has 0 atom stereocenters. The second-order valence-electron chi connectivity index (χ2n) is 5.15. The number of ketones is 1. The van der Waals surface area contributed by atoms with Gasteiger partial charge in [-0.3, -0.25) is 9.59 Å². The molecule has 0 radical (unpaired) electrons. The molecule has 9 heteroatoms. The summed E-state index contributed by atoms with van der Waals surface area (Å²) in [6.07, 6.45) is 0. The van der Waals surface area contributed by atoms with Crippen LogP contribution in [0.25, 0.3) is 0 Å². The van der Waals surface area contributed by atoms with Crippen LogP contribution in [-0.4, -0.2) is 25.9 Å². The number of nitrogens with one attached hydrogen (secondary N) is 1. The fourth-order valence-corrected chi connectivity index (χ4v) is 3.72. The number of nitrogens with zero attached hydrogens (tertiary/aromatic N) is 1. The Morgan fingerprint density at radius 2 is 1.85 bits per heavy atom. The van der Waals surface area contributed by atoms with Gasteiger partial charge in [-0.25, -0.2) is 17.5 Å². The summed E-state index contributed by atoms with van der Waals surface area (Å²) in [6.45, 7) is 1.31. The maximum absolute atomic E-state index is 13.9. The number of rotatable bonds is 6. The quantitative estimate of drug-likeness (QED) is 0.598. The van der Waals surface area contributed by atoms with Crippen molar-refractivity contribution in [3.8, 4) is 6.07 Å². The Hall–Kier alpha value is -2.70. The summed E-state index contributed by atoms with van der Waals surface area (Å²) in [7, 11) is -4.08. The van der Waals surface area contributed by atoms with Gasteiger partial charge in [0, 0.05) is 10.5 Å². The fourth-order valence-electron chi connectivity index (χ4n) is 1.93. The number of hydrogen-bond donors (Lipinski definition) is 1. The SMILES string of the molecule is CC(=O)c1ccc(SCC(=O)NS(=O)(=O)c2ccc(C#N)cc2)c(F)c1. The molecule has 0 aliphatic carbocycles. The number of carbonyl (C=O) groups excluding carboxylic acids is 2. The molecule has 0 spiro atoms. The number of Topliss-reactive ketones (excluding diaryl/α,β-unsaturated/α-hetero) is 1. The normalized spacial score (nSPS) is 10.8. The van der Waals surface area contributed by atoms with Crippen LogP contribution in [0.15, 0.2) is 52.3 Å². The van der Waals surface area contributed by atoms with E-state index < -0.39 is 21.7 Å². The molecule has 0 aliphatic rings. The molecular formula is C17H13FN2O4S2. The number of hydrogen-bond acceptors (Lipinski definition) is 6. The van der Waals surface area contributed by atoms with Gasteiger partial charge in [0.05, 0.1) is 22.3 Å². The Labute approximate surface area is 154 Å². The Balaban J connectivity index is 2.02. The van der Waals surface area contributed by atoms with Crippen LogP contribution in [-0.2, 0) is 14.8 Å². The minimum absolute atomic E-state index is 0.126. The van der Waals surface area contributed by atoms with Crippen LogP contribution in [0.5, 0.6) is 0 Å². The zero-order valence-corrected chi connectivity index (χ0v) is 15.2. The van der Waals surface area contributed by atoms with Crippen LogP contribution in [0.4, 0.5) is 4.39 Å². The number of sulfonamides is 1. The van der Waals surface area contributed by atoms with Crippen molar-refractivity contribution in [1.29, 1.82) is 5.26 Å². The van der Waals surface area contributed by atoms with Gasteiger partial charge in [-0.1, -0.05) is 6.07 Å². The lowest BCUT2D eigenvalue weighted by Crippen LogP contribution is -2.31. The van der Waals surface area contributed by atoms with E-state index >= 15 is 0 Å². The zero-order chi connectivity index (χ0) is 19.3. The van der Waals surface area contributed by atoms with Crippen LogP contribution < -0.4 is 4.72 Å².